The van der Waals surface area contributed by atoms with Crippen LogP contribution in [0, 0.1) is 11.8 Å². The van der Waals surface area contributed by atoms with Gasteiger partial charge in [-0.3, -0.25) is 9.59 Å². The van der Waals surface area contributed by atoms with Gasteiger partial charge in [0.15, 0.2) is 0 Å². The number of nitrogens with one attached hydrogen (secondary N) is 1. The van der Waals surface area contributed by atoms with E-state index in [9.17, 15) is 14.4 Å². The number of ether oxygens (including phenoxy) is 2. The van der Waals surface area contributed by atoms with Crippen molar-refractivity contribution in [3.8, 4) is 0 Å². The molecule has 23 heavy (non-hydrogen) atoms. The molecule has 8 heteroatoms. The van der Waals surface area contributed by atoms with E-state index in [1.165, 1.54) is 11.8 Å². The van der Waals surface area contributed by atoms with Crippen LogP contribution in [0.5, 0.6) is 0 Å². The van der Waals surface area contributed by atoms with E-state index in [4.69, 9.17) is 14.6 Å². The van der Waals surface area contributed by atoms with Gasteiger partial charge in [0.05, 0.1) is 5.92 Å². The van der Waals surface area contributed by atoms with E-state index in [2.05, 4.69) is 5.32 Å². The maximum absolute atomic E-state index is 11.8. The van der Waals surface area contributed by atoms with Gasteiger partial charge in [0.25, 0.3) is 6.29 Å². The van der Waals surface area contributed by atoms with E-state index in [-0.39, 0.29) is 23.6 Å². The third kappa shape index (κ3) is 9.32. The number of hydrogen-bond donors (Lipinski definition) is 2. The zero-order valence-electron chi connectivity index (χ0n) is 14.5. The topological polar surface area (TPSA) is 102 Å². The standard InChI is InChI=1S/C15H27NO6S/c1-8(2)13(19)21-14(9(3)4)22-15(20)16-7-11(12(17)18)23-10(5)6/h8-11,14H,7H2,1-6H3,(H,16,20)(H,17,18)/t11-,14-/m0/s1. The van der Waals surface area contributed by atoms with Crippen LogP contribution < -0.4 is 5.32 Å². The lowest BCUT2D eigenvalue weighted by Crippen LogP contribution is -2.39. The molecule has 0 saturated heterocycles. The Morgan fingerprint density at radius 1 is 1.04 bits per heavy atom. The molecule has 0 spiro atoms. The van der Waals surface area contributed by atoms with Crippen molar-refractivity contribution < 1.29 is 29.0 Å². The first kappa shape index (κ1) is 21.6. The summed E-state index contributed by atoms with van der Waals surface area (Å²) in [6, 6.07) is 0. The lowest BCUT2D eigenvalue weighted by atomic mass is 10.2. The number of aliphatic carboxylic acids is 1. The summed E-state index contributed by atoms with van der Waals surface area (Å²) in [6.07, 6.45) is -1.82. The van der Waals surface area contributed by atoms with Crippen LogP contribution in [-0.2, 0) is 19.1 Å². The normalized spacial score (nSPS) is 13.8. The number of alkyl carbamates (subject to hydrolysis) is 1. The molecule has 0 rings (SSSR count). The van der Waals surface area contributed by atoms with Gasteiger partial charge in [0, 0.05) is 12.5 Å². The number of carbonyl (C=O) groups excluding carboxylic acids is 2. The fourth-order valence-electron chi connectivity index (χ4n) is 1.39. The van der Waals surface area contributed by atoms with Crippen LogP contribution in [0.1, 0.15) is 41.5 Å². The first-order valence-corrected chi connectivity index (χ1v) is 8.52. The van der Waals surface area contributed by atoms with Crippen molar-refractivity contribution in [2.75, 3.05) is 6.54 Å². The molecule has 0 saturated carbocycles. The highest BCUT2D eigenvalue weighted by atomic mass is 32.2. The molecule has 1 amide bonds. The van der Waals surface area contributed by atoms with Crippen LogP contribution in [0.15, 0.2) is 0 Å². The molecule has 7 nitrogen and oxygen atoms in total. The maximum Gasteiger partial charge on any atom is 0.410 e. The monoisotopic (exact) mass is 349 g/mol. The molecule has 0 aromatic carbocycles. The Labute approximate surface area is 141 Å². The Bertz CT molecular complexity index is 411. The number of carbonyl (C=O) groups is 3. The van der Waals surface area contributed by atoms with Crippen molar-refractivity contribution in [1.29, 1.82) is 0 Å². The highest BCUT2D eigenvalue weighted by Crippen LogP contribution is 2.17. The first-order valence-electron chi connectivity index (χ1n) is 7.57. The van der Waals surface area contributed by atoms with Crippen molar-refractivity contribution in [1.82, 2.24) is 5.32 Å². The van der Waals surface area contributed by atoms with Crippen LogP contribution >= 0.6 is 11.8 Å². The Kier molecular flexibility index (Phi) is 9.71. The number of carboxylic acid groups (broad SMARTS) is 1. The molecule has 0 aromatic rings. The number of hydrogen-bond acceptors (Lipinski definition) is 6. The molecule has 2 atom stereocenters. The minimum absolute atomic E-state index is 0.0695. The van der Waals surface area contributed by atoms with Crippen LogP contribution in [0.4, 0.5) is 4.79 Å². The summed E-state index contributed by atoms with van der Waals surface area (Å²) < 4.78 is 10.2. The molecule has 0 aliphatic heterocycles. The second-order valence-corrected chi connectivity index (χ2v) is 7.79. The summed E-state index contributed by atoms with van der Waals surface area (Å²) in [5.41, 5.74) is 0. The lowest BCUT2D eigenvalue weighted by molar-refractivity contribution is -0.178. The Morgan fingerprint density at radius 3 is 2.00 bits per heavy atom. The average molecular weight is 349 g/mol. The average Bonchev–Trinajstić information content (AvgIpc) is 2.41. The number of thioether (sulfide) groups is 1. The van der Waals surface area contributed by atoms with Gasteiger partial charge in [0.2, 0.25) is 0 Å². The molecule has 0 heterocycles. The zero-order chi connectivity index (χ0) is 18.2. The predicted molar refractivity (Wildman–Crippen MR) is 88.2 cm³/mol. The van der Waals surface area contributed by atoms with Crippen LogP contribution in [0.3, 0.4) is 0 Å². The Balaban J connectivity index is 4.52. The van der Waals surface area contributed by atoms with Gasteiger partial charge in [-0.2, -0.15) is 0 Å². The van der Waals surface area contributed by atoms with Gasteiger partial charge in [-0.05, 0) is 5.25 Å². The van der Waals surface area contributed by atoms with Gasteiger partial charge in [-0.1, -0.05) is 41.5 Å². The van der Waals surface area contributed by atoms with Crippen LogP contribution in [-0.4, -0.2) is 46.5 Å². The minimum Gasteiger partial charge on any atom is -0.480 e. The third-order valence-electron chi connectivity index (χ3n) is 2.61. The van der Waals surface area contributed by atoms with Crippen molar-refractivity contribution in [2.45, 2.75) is 58.3 Å². The highest BCUT2D eigenvalue weighted by molar-refractivity contribution is 8.01. The van der Waals surface area contributed by atoms with E-state index < -0.39 is 29.6 Å². The van der Waals surface area contributed by atoms with E-state index in [1.54, 1.807) is 27.7 Å². The predicted octanol–water partition coefficient (Wildman–Crippen LogP) is 2.49. The summed E-state index contributed by atoms with van der Waals surface area (Å²) in [4.78, 5) is 34.5. The van der Waals surface area contributed by atoms with Crippen LogP contribution in [0.25, 0.3) is 0 Å². The molecule has 0 fully saturated rings. The molecule has 0 aromatic heterocycles. The molecule has 2 N–H and O–H groups in total. The summed E-state index contributed by atoms with van der Waals surface area (Å²) in [5, 5.41) is 10.9. The van der Waals surface area contributed by atoms with Crippen molar-refractivity contribution in [3.05, 3.63) is 0 Å². The summed E-state index contributed by atoms with van der Waals surface area (Å²) in [5.74, 6) is -2.02. The van der Waals surface area contributed by atoms with Gasteiger partial charge in [0.1, 0.15) is 5.25 Å². The van der Waals surface area contributed by atoms with E-state index in [1.807, 2.05) is 13.8 Å². The zero-order valence-corrected chi connectivity index (χ0v) is 15.3. The quantitative estimate of drug-likeness (QED) is 0.487. The van der Waals surface area contributed by atoms with Crippen molar-refractivity contribution >= 4 is 29.8 Å². The van der Waals surface area contributed by atoms with Gasteiger partial charge in [-0.15, -0.1) is 11.8 Å². The Hall–Kier alpha value is -1.44. The molecule has 0 unspecified atom stereocenters. The maximum atomic E-state index is 11.8. The molecular formula is C15H27NO6S. The smallest absolute Gasteiger partial charge is 0.410 e. The number of carboxylic acids is 1. The minimum atomic E-state index is -1.01. The fourth-order valence-corrected chi connectivity index (χ4v) is 2.35. The molecule has 134 valence electrons. The largest absolute Gasteiger partial charge is 0.480 e. The number of amides is 1. The Morgan fingerprint density at radius 2 is 1.61 bits per heavy atom. The molecular weight excluding hydrogens is 322 g/mol. The van der Waals surface area contributed by atoms with Crippen LogP contribution in [0.2, 0.25) is 0 Å². The van der Waals surface area contributed by atoms with Crippen molar-refractivity contribution in [3.63, 3.8) is 0 Å². The lowest BCUT2D eigenvalue weighted by Gasteiger charge is -2.23. The van der Waals surface area contributed by atoms with E-state index >= 15 is 0 Å². The highest BCUT2D eigenvalue weighted by Gasteiger charge is 2.25. The van der Waals surface area contributed by atoms with Gasteiger partial charge < -0.3 is 19.9 Å². The second-order valence-electron chi connectivity index (χ2n) is 6.00. The summed E-state index contributed by atoms with van der Waals surface area (Å²) in [6.45, 7) is 10.5. The molecule has 0 aliphatic rings. The number of rotatable bonds is 9. The first-order chi connectivity index (χ1) is 10.5. The molecule has 0 bridgehead atoms. The fraction of sp³-hybridized carbons (Fsp3) is 0.800. The third-order valence-corrected chi connectivity index (χ3v) is 3.86. The van der Waals surface area contributed by atoms with E-state index in [0.717, 1.165) is 0 Å². The van der Waals surface area contributed by atoms with E-state index in [0.29, 0.717) is 0 Å². The summed E-state index contributed by atoms with van der Waals surface area (Å²) >= 11 is 1.23. The van der Waals surface area contributed by atoms with Gasteiger partial charge >= 0.3 is 18.0 Å². The SMILES string of the molecule is CC(C)S[C@@H](CNC(=O)O[C@H](OC(=O)C(C)C)C(C)C)C(=O)O. The van der Waals surface area contributed by atoms with Gasteiger partial charge in [-0.25, -0.2) is 4.79 Å². The number of esters is 1. The molecule has 0 aliphatic carbocycles. The molecule has 0 radical (unpaired) electrons. The summed E-state index contributed by atoms with van der Waals surface area (Å²) in [7, 11) is 0. The second kappa shape index (κ2) is 10.4. The van der Waals surface area contributed by atoms with Crippen molar-refractivity contribution in [2.24, 2.45) is 11.8 Å².